The third-order valence-electron chi connectivity index (χ3n) is 12.0. The van der Waals surface area contributed by atoms with Crippen LogP contribution in [0.15, 0.2) is 18.7 Å². The molecular formula is C50H89N3O8. The first-order valence-electron chi connectivity index (χ1n) is 25.3. The van der Waals surface area contributed by atoms with Gasteiger partial charge >= 0.3 is 23.9 Å². The first kappa shape index (κ1) is 54.2. The maximum Gasteiger partial charge on any atom is 0.323 e. The molecular weight excluding hydrogens is 771 g/mol. The van der Waals surface area contributed by atoms with Crippen LogP contribution in [0, 0.1) is 0 Å². The van der Waals surface area contributed by atoms with E-state index in [-0.39, 0.29) is 36.1 Å². The van der Waals surface area contributed by atoms with Crippen molar-refractivity contribution >= 4 is 23.9 Å². The predicted molar refractivity (Wildman–Crippen MR) is 244 cm³/mol. The Morgan fingerprint density at radius 2 is 1.11 bits per heavy atom. The number of hydrogen-bond donors (Lipinski definition) is 0. The van der Waals surface area contributed by atoms with Crippen LogP contribution in [0.3, 0.4) is 0 Å². The van der Waals surface area contributed by atoms with Gasteiger partial charge in [0.2, 0.25) is 0 Å². The zero-order valence-corrected chi connectivity index (χ0v) is 39.2. The number of unbranched alkanes of at least 4 members (excludes halogenated alkanes) is 20. The lowest BCUT2D eigenvalue weighted by Gasteiger charge is -2.22. The number of hydrogen-bond acceptors (Lipinski definition) is 10. The van der Waals surface area contributed by atoms with Crippen molar-refractivity contribution in [2.24, 2.45) is 0 Å². The molecule has 0 amide bonds. The van der Waals surface area contributed by atoms with Gasteiger partial charge in [-0.1, -0.05) is 143 Å². The zero-order chi connectivity index (χ0) is 44.0. The molecule has 1 saturated heterocycles. The molecule has 1 aliphatic heterocycles. The summed E-state index contributed by atoms with van der Waals surface area (Å²) in [5, 5.41) is 0. The van der Waals surface area contributed by atoms with Gasteiger partial charge in [0.05, 0.1) is 19.5 Å². The van der Waals surface area contributed by atoms with Crippen LogP contribution < -0.4 is 0 Å². The number of ether oxygens (including phenoxy) is 4. The quantitative estimate of drug-likeness (QED) is 0.0357. The monoisotopic (exact) mass is 860 g/mol. The summed E-state index contributed by atoms with van der Waals surface area (Å²) >= 11 is 0. The van der Waals surface area contributed by atoms with Crippen molar-refractivity contribution in [2.45, 2.75) is 251 Å². The molecule has 11 heteroatoms. The molecule has 0 aromatic carbocycles. The van der Waals surface area contributed by atoms with E-state index in [1.54, 1.807) is 12.5 Å². The Morgan fingerprint density at radius 1 is 0.574 bits per heavy atom. The molecule has 11 nitrogen and oxygen atoms in total. The van der Waals surface area contributed by atoms with Crippen LogP contribution in [0.1, 0.15) is 226 Å². The molecule has 0 N–H and O–H groups in total. The van der Waals surface area contributed by atoms with E-state index >= 15 is 0 Å². The van der Waals surface area contributed by atoms with Gasteiger partial charge in [0.25, 0.3) is 0 Å². The van der Waals surface area contributed by atoms with E-state index in [0.29, 0.717) is 65.0 Å². The SMILES string of the molecule is CCCCCCCCCCCOC(=O)CCCCCN1CC(OC(=O)CCCn2ccnc2)C[C@H]1C(=O)OCCCCCCCC(=O)OC(CCCC)CCCCCCCC. The molecule has 1 fully saturated rings. The average molecular weight is 860 g/mol. The Hall–Kier alpha value is -2.95. The number of esters is 4. The summed E-state index contributed by atoms with van der Waals surface area (Å²) in [5.41, 5.74) is 0. The van der Waals surface area contributed by atoms with Crippen LogP contribution in [0.2, 0.25) is 0 Å². The number of imidazole rings is 1. The highest BCUT2D eigenvalue weighted by Gasteiger charge is 2.39. The van der Waals surface area contributed by atoms with E-state index in [1.165, 1.54) is 77.0 Å². The molecule has 1 aromatic rings. The molecule has 0 radical (unpaired) electrons. The highest BCUT2D eigenvalue weighted by atomic mass is 16.6. The van der Waals surface area contributed by atoms with E-state index in [9.17, 15) is 19.2 Å². The molecule has 1 aliphatic rings. The lowest BCUT2D eigenvalue weighted by atomic mass is 10.0. The molecule has 0 spiro atoms. The molecule has 61 heavy (non-hydrogen) atoms. The lowest BCUT2D eigenvalue weighted by molar-refractivity contribution is -0.151. The smallest absolute Gasteiger partial charge is 0.323 e. The van der Waals surface area contributed by atoms with E-state index < -0.39 is 6.04 Å². The lowest BCUT2D eigenvalue weighted by Crippen LogP contribution is -2.38. The van der Waals surface area contributed by atoms with Crippen LogP contribution in [0.25, 0.3) is 0 Å². The van der Waals surface area contributed by atoms with Crippen molar-refractivity contribution < 1.29 is 38.1 Å². The summed E-state index contributed by atoms with van der Waals surface area (Å²) in [6.45, 7) is 9.37. The first-order chi connectivity index (χ1) is 29.9. The summed E-state index contributed by atoms with van der Waals surface area (Å²) < 4.78 is 24.9. The van der Waals surface area contributed by atoms with E-state index in [4.69, 9.17) is 18.9 Å². The second-order valence-electron chi connectivity index (χ2n) is 17.6. The normalized spacial score (nSPS) is 15.8. The maximum atomic E-state index is 13.4. The molecule has 2 heterocycles. The average Bonchev–Trinajstić information content (AvgIpc) is 3.92. The Labute approximate surface area is 371 Å². The fourth-order valence-corrected chi connectivity index (χ4v) is 8.20. The Balaban J connectivity index is 1.66. The highest BCUT2D eigenvalue weighted by molar-refractivity contribution is 5.76. The molecule has 1 aromatic heterocycles. The number of likely N-dealkylation sites (tertiary alicyclic amines) is 1. The van der Waals surface area contributed by atoms with Crippen LogP contribution >= 0.6 is 0 Å². The predicted octanol–water partition coefficient (Wildman–Crippen LogP) is 12.0. The van der Waals surface area contributed by atoms with Gasteiger partial charge in [0, 0.05) is 51.2 Å². The number of nitrogens with zero attached hydrogens (tertiary/aromatic N) is 3. The van der Waals surface area contributed by atoms with Gasteiger partial charge < -0.3 is 23.5 Å². The Kier molecular flexibility index (Phi) is 33.4. The minimum atomic E-state index is -0.460. The number of carbonyl (C=O) groups excluding carboxylic acids is 4. The van der Waals surface area contributed by atoms with E-state index in [2.05, 4.69) is 30.7 Å². The third kappa shape index (κ3) is 29.1. The molecule has 0 bridgehead atoms. The molecule has 2 rings (SSSR count). The van der Waals surface area contributed by atoms with Crippen molar-refractivity contribution in [1.82, 2.24) is 14.5 Å². The molecule has 0 aliphatic carbocycles. The first-order valence-corrected chi connectivity index (χ1v) is 25.3. The summed E-state index contributed by atoms with van der Waals surface area (Å²) in [5.74, 6) is -0.713. The van der Waals surface area contributed by atoms with Crippen molar-refractivity contribution in [3.8, 4) is 0 Å². The van der Waals surface area contributed by atoms with Gasteiger partial charge in [0.15, 0.2) is 0 Å². The van der Waals surface area contributed by atoms with Gasteiger partial charge in [-0.3, -0.25) is 24.1 Å². The number of rotatable bonds is 41. The van der Waals surface area contributed by atoms with Crippen LogP contribution in [0.4, 0.5) is 0 Å². The summed E-state index contributed by atoms with van der Waals surface area (Å²) in [6.07, 6.45) is 36.9. The fourth-order valence-electron chi connectivity index (χ4n) is 8.20. The number of aryl methyl sites for hydroxylation is 1. The fraction of sp³-hybridized carbons (Fsp3) is 0.860. The summed E-state index contributed by atoms with van der Waals surface area (Å²) in [7, 11) is 0. The maximum absolute atomic E-state index is 13.4. The zero-order valence-electron chi connectivity index (χ0n) is 39.2. The third-order valence-corrected chi connectivity index (χ3v) is 12.0. The van der Waals surface area contributed by atoms with Crippen molar-refractivity contribution in [1.29, 1.82) is 0 Å². The van der Waals surface area contributed by atoms with Crippen LogP contribution in [-0.4, -0.2) is 82.9 Å². The topological polar surface area (TPSA) is 126 Å². The molecule has 3 atom stereocenters. The Morgan fingerprint density at radius 3 is 1.75 bits per heavy atom. The van der Waals surface area contributed by atoms with Crippen molar-refractivity contribution in [2.75, 3.05) is 26.3 Å². The standard InChI is InChI=1S/C50H89N3O8/c1-4-7-10-12-14-15-16-20-27-39-58-47(54)32-25-22-26-37-53-42-45(61-49(56)34-29-36-52-38-35-51-43-52)41-46(53)50(57)59-40-28-21-17-19-24-33-48(55)60-44(30-9-6-3)31-23-18-13-11-8-5-2/h35,38,43-46H,4-34,36-37,39-42H2,1-3H3/t44?,45?,46-/m0/s1. The summed E-state index contributed by atoms with van der Waals surface area (Å²) in [6, 6.07) is -0.460. The summed E-state index contributed by atoms with van der Waals surface area (Å²) in [4.78, 5) is 57.2. The second kappa shape index (κ2) is 37.6. The Bertz CT molecular complexity index is 1230. The van der Waals surface area contributed by atoms with Gasteiger partial charge in [-0.15, -0.1) is 0 Å². The number of carbonyl (C=O) groups is 4. The van der Waals surface area contributed by atoms with Gasteiger partial charge in [-0.25, -0.2) is 4.98 Å². The van der Waals surface area contributed by atoms with Gasteiger partial charge in [-0.05, 0) is 64.3 Å². The van der Waals surface area contributed by atoms with Crippen molar-refractivity contribution in [3.63, 3.8) is 0 Å². The van der Waals surface area contributed by atoms with E-state index in [1.807, 2.05) is 10.8 Å². The largest absolute Gasteiger partial charge is 0.466 e. The molecule has 2 unspecified atom stereocenters. The highest BCUT2D eigenvalue weighted by Crippen LogP contribution is 2.24. The van der Waals surface area contributed by atoms with Gasteiger partial charge in [-0.2, -0.15) is 0 Å². The van der Waals surface area contributed by atoms with E-state index in [0.717, 1.165) is 96.3 Å². The molecule has 352 valence electrons. The minimum Gasteiger partial charge on any atom is -0.466 e. The molecule has 0 saturated carbocycles. The minimum absolute atomic E-state index is 0.0550. The van der Waals surface area contributed by atoms with Crippen LogP contribution in [0.5, 0.6) is 0 Å². The van der Waals surface area contributed by atoms with Crippen LogP contribution in [-0.2, 0) is 44.7 Å². The second-order valence-corrected chi connectivity index (χ2v) is 17.6. The van der Waals surface area contributed by atoms with Crippen molar-refractivity contribution in [3.05, 3.63) is 18.7 Å². The van der Waals surface area contributed by atoms with Gasteiger partial charge in [0.1, 0.15) is 18.2 Å². The number of aromatic nitrogens is 2.